The Bertz CT molecular complexity index is 915. The molecular weight excluding hydrogens is 411 g/mol. The van der Waals surface area contributed by atoms with Crippen molar-refractivity contribution in [2.24, 2.45) is 5.92 Å². The number of sulfonamides is 1. The van der Waals surface area contributed by atoms with Gasteiger partial charge < -0.3 is 5.32 Å². The summed E-state index contributed by atoms with van der Waals surface area (Å²) < 4.78 is 40.3. The highest BCUT2D eigenvalue weighted by Crippen LogP contribution is 2.23. The number of thioether (sulfide) groups is 1. The fourth-order valence-corrected chi connectivity index (χ4v) is 5.67. The van der Waals surface area contributed by atoms with Crippen LogP contribution in [-0.2, 0) is 20.6 Å². The Kier molecular flexibility index (Phi) is 7.69. The molecule has 8 heteroatoms. The van der Waals surface area contributed by atoms with Gasteiger partial charge in [-0.25, -0.2) is 17.1 Å². The van der Waals surface area contributed by atoms with Crippen molar-refractivity contribution in [1.29, 1.82) is 0 Å². The third kappa shape index (κ3) is 6.29. The fraction of sp³-hybridized carbons (Fsp3) is 0.381. The molecule has 1 heterocycles. The Hall–Kier alpha value is -1.90. The molecule has 1 fully saturated rings. The Morgan fingerprint density at radius 2 is 1.72 bits per heavy atom. The minimum atomic E-state index is -3.60. The van der Waals surface area contributed by atoms with Gasteiger partial charge in [0, 0.05) is 41.8 Å². The SMILES string of the molecule is O=C(NCCSc1ccccc1)C1CCN(S(=O)(=O)Cc2ccccc2F)CC1. The van der Waals surface area contributed by atoms with E-state index in [0.29, 0.717) is 19.4 Å². The van der Waals surface area contributed by atoms with E-state index in [-0.39, 0.29) is 36.2 Å². The van der Waals surface area contributed by atoms with Crippen LogP contribution < -0.4 is 5.32 Å². The topological polar surface area (TPSA) is 66.5 Å². The minimum Gasteiger partial charge on any atom is -0.355 e. The van der Waals surface area contributed by atoms with Crippen LogP contribution in [0.3, 0.4) is 0 Å². The second kappa shape index (κ2) is 10.2. The van der Waals surface area contributed by atoms with E-state index in [1.807, 2.05) is 30.3 Å². The number of benzene rings is 2. The van der Waals surface area contributed by atoms with Gasteiger partial charge in [-0.05, 0) is 31.0 Å². The van der Waals surface area contributed by atoms with E-state index in [1.54, 1.807) is 17.8 Å². The first-order chi connectivity index (χ1) is 14.0. The molecule has 1 N–H and O–H groups in total. The Labute approximate surface area is 175 Å². The number of carbonyl (C=O) groups is 1. The molecule has 1 amide bonds. The number of amides is 1. The van der Waals surface area contributed by atoms with E-state index >= 15 is 0 Å². The number of piperidine rings is 1. The first-order valence-electron chi connectivity index (χ1n) is 9.62. The van der Waals surface area contributed by atoms with Gasteiger partial charge in [0.2, 0.25) is 15.9 Å². The van der Waals surface area contributed by atoms with Crippen LogP contribution >= 0.6 is 11.8 Å². The van der Waals surface area contributed by atoms with Gasteiger partial charge in [-0.3, -0.25) is 4.79 Å². The highest BCUT2D eigenvalue weighted by Gasteiger charge is 2.31. The third-order valence-electron chi connectivity index (χ3n) is 4.93. The zero-order valence-electron chi connectivity index (χ0n) is 16.1. The first-order valence-corrected chi connectivity index (χ1v) is 12.2. The molecule has 0 aliphatic carbocycles. The average molecular weight is 437 g/mol. The normalized spacial score (nSPS) is 15.9. The maximum absolute atomic E-state index is 13.8. The van der Waals surface area contributed by atoms with Gasteiger partial charge in [0.25, 0.3) is 0 Å². The second-order valence-corrected chi connectivity index (χ2v) is 10.1. The lowest BCUT2D eigenvalue weighted by Gasteiger charge is -2.30. The number of nitrogens with zero attached hydrogens (tertiary/aromatic N) is 1. The first kappa shape index (κ1) is 21.8. The predicted octanol–water partition coefficient (Wildman–Crippen LogP) is 3.28. The molecule has 0 unspecified atom stereocenters. The van der Waals surface area contributed by atoms with E-state index < -0.39 is 15.8 Å². The standard InChI is InChI=1S/C21H25FN2O3S2/c22-20-9-5-4-6-18(20)16-29(26,27)24-13-10-17(11-14-24)21(25)23-12-15-28-19-7-2-1-3-8-19/h1-9,17H,10-16H2,(H,23,25). The van der Waals surface area contributed by atoms with Crippen molar-refractivity contribution in [2.75, 3.05) is 25.4 Å². The second-order valence-electron chi connectivity index (χ2n) is 6.97. The van der Waals surface area contributed by atoms with Crippen LogP contribution in [-0.4, -0.2) is 44.0 Å². The lowest BCUT2D eigenvalue weighted by Crippen LogP contribution is -2.43. The van der Waals surface area contributed by atoms with Crippen molar-refractivity contribution >= 4 is 27.7 Å². The molecule has 2 aromatic carbocycles. The number of hydrogen-bond acceptors (Lipinski definition) is 4. The van der Waals surface area contributed by atoms with Crippen LogP contribution in [0.5, 0.6) is 0 Å². The monoisotopic (exact) mass is 436 g/mol. The van der Waals surface area contributed by atoms with Gasteiger partial charge in [-0.15, -0.1) is 11.8 Å². The summed E-state index contributed by atoms with van der Waals surface area (Å²) in [5.74, 6) is -0.293. The summed E-state index contributed by atoms with van der Waals surface area (Å²) in [5.41, 5.74) is 0.170. The van der Waals surface area contributed by atoms with E-state index in [4.69, 9.17) is 0 Å². The summed E-state index contributed by atoms with van der Waals surface area (Å²) in [6.45, 7) is 1.14. The molecule has 0 atom stereocenters. The quantitative estimate of drug-likeness (QED) is 0.510. The number of carbonyl (C=O) groups excluding carboxylic acids is 1. The van der Waals surface area contributed by atoms with E-state index in [2.05, 4.69) is 5.32 Å². The number of halogens is 1. The zero-order chi connectivity index (χ0) is 20.7. The fourth-order valence-electron chi connectivity index (χ4n) is 3.30. The van der Waals surface area contributed by atoms with E-state index in [1.165, 1.54) is 22.5 Å². The highest BCUT2D eigenvalue weighted by atomic mass is 32.2. The van der Waals surface area contributed by atoms with Gasteiger partial charge >= 0.3 is 0 Å². The van der Waals surface area contributed by atoms with Crippen molar-refractivity contribution in [3.8, 4) is 0 Å². The van der Waals surface area contributed by atoms with Crippen molar-refractivity contribution in [2.45, 2.75) is 23.5 Å². The van der Waals surface area contributed by atoms with Gasteiger partial charge in [0.15, 0.2) is 0 Å². The van der Waals surface area contributed by atoms with E-state index in [9.17, 15) is 17.6 Å². The summed E-state index contributed by atoms with van der Waals surface area (Å²) in [5, 5.41) is 2.95. The number of hydrogen-bond donors (Lipinski definition) is 1. The zero-order valence-corrected chi connectivity index (χ0v) is 17.7. The minimum absolute atomic E-state index is 0.0233. The number of rotatable bonds is 8. The third-order valence-corrected chi connectivity index (χ3v) is 7.77. The maximum atomic E-state index is 13.8. The van der Waals surface area contributed by atoms with Crippen LogP contribution in [0.1, 0.15) is 18.4 Å². The highest BCUT2D eigenvalue weighted by molar-refractivity contribution is 7.99. The van der Waals surface area contributed by atoms with Gasteiger partial charge in [0.1, 0.15) is 5.82 Å². The largest absolute Gasteiger partial charge is 0.355 e. The predicted molar refractivity (Wildman–Crippen MR) is 113 cm³/mol. The van der Waals surface area contributed by atoms with Crippen molar-refractivity contribution < 1.29 is 17.6 Å². The van der Waals surface area contributed by atoms with Crippen LogP contribution in [0.15, 0.2) is 59.5 Å². The molecule has 5 nitrogen and oxygen atoms in total. The molecular formula is C21H25FN2O3S2. The molecule has 3 rings (SSSR count). The van der Waals surface area contributed by atoms with Crippen molar-refractivity contribution in [3.63, 3.8) is 0 Å². The Balaban J connectivity index is 1.42. The summed E-state index contributed by atoms with van der Waals surface area (Å²) in [6.07, 6.45) is 0.961. The summed E-state index contributed by atoms with van der Waals surface area (Å²) in [4.78, 5) is 13.5. The van der Waals surface area contributed by atoms with E-state index in [0.717, 1.165) is 10.6 Å². The van der Waals surface area contributed by atoms with Gasteiger partial charge in [-0.2, -0.15) is 0 Å². The van der Waals surface area contributed by atoms with Gasteiger partial charge in [0.05, 0.1) is 5.75 Å². The van der Waals surface area contributed by atoms with Crippen LogP contribution in [0, 0.1) is 11.7 Å². The molecule has 1 saturated heterocycles. The molecule has 0 bridgehead atoms. The van der Waals surface area contributed by atoms with Crippen molar-refractivity contribution in [1.82, 2.24) is 9.62 Å². The molecule has 0 saturated carbocycles. The molecule has 2 aromatic rings. The molecule has 29 heavy (non-hydrogen) atoms. The lowest BCUT2D eigenvalue weighted by atomic mass is 9.97. The molecule has 1 aliphatic heterocycles. The Morgan fingerprint density at radius 3 is 2.41 bits per heavy atom. The van der Waals surface area contributed by atoms with Crippen LogP contribution in [0.2, 0.25) is 0 Å². The summed E-state index contributed by atoms with van der Waals surface area (Å²) in [6, 6.07) is 15.9. The smallest absolute Gasteiger partial charge is 0.223 e. The molecule has 156 valence electrons. The Morgan fingerprint density at radius 1 is 1.07 bits per heavy atom. The van der Waals surface area contributed by atoms with Crippen LogP contribution in [0.4, 0.5) is 4.39 Å². The molecule has 0 aromatic heterocycles. The molecule has 0 radical (unpaired) electrons. The molecule has 0 spiro atoms. The summed E-state index contributed by atoms with van der Waals surface area (Å²) in [7, 11) is -3.60. The maximum Gasteiger partial charge on any atom is 0.223 e. The van der Waals surface area contributed by atoms with Gasteiger partial charge in [-0.1, -0.05) is 36.4 Å². The number of nitrogens with one attached hydrogen (secondary N) is 1. The molecule has 1 aliphatic rings. The lowest BCUT2D eigenvalue weighted by molar-refractivity contribution is -0.125. The average Bonchev–Trinajstić information content (AvgIpc) is 2.73. The van der Waals surface area contributed by atoms with Crippen molar-refractivity contribution in [3.05, 3.63) is 66.0 Å². The van der Waals surface area contributed by atoms with Crippen LogP contribution in [0.25, 0.3) is 0 Å². The summed E-state index contributed by atoms with van der Waals surface area (Å²) >= 11 is 1.68.